The minimum Gasteiger partial charge on any atom is -0.544 e. The molecule has 0 saturated carbocycles. The predicted octanol–water partition coefficient (Wildman–Crippen LogP) is 8.96. The maximum absolute atomic E-state index is 12.7. The molecule has 0 amide bonds. The number of esters is 2. The number of rotatable bonds is 35. The molecular formula is C42H75NO7. The number of carbonyl (C=O) groups excluding carboxylic acids is 3. The summed E-state index contributed by atoms with van der Waals surface area (Å²) in [6.07, 6.45) is 35.9. The van der Waals surface area contributed by atoms with Crippen LogP contribution in [0.4, 0.5) is 0 Å². The molecule has 0 aliphatic rings. The number of unbranched alkanes of at least 4 members (excludes halogenated alkanes) is 15. The Morgan fingerprint density at radius 2 is 1.12 bits per heavy atom. The second-order valence-corrected chi connectivity index (χ2v) is 14.5. The molecule has 0 saturated heterocycles. The molecule has 0 fully saturated rings. The van der Waals surface area contributed by atoms with Crippen LogP contribution in [-0.2, 0) is 28.6 Å². The van der Waals surface area contributed by atoms with Crippen molar-refractivity contribution in [2.45, 2.75) is 174 Å². The Bertz CT molecular complexity index is 922. The first kappa shape index (κ1) is 47.5. The van der Waals surface area contributed by atoms with Gasteiger partial charge in [-0.15, -0.1) is 0 Å². The molecule has 0 bridgehead atoms. The standard InChI is InChI=1S/C42H75NO7/c1-6-8-10-12-14-16-18-20-21-23-25-27-29-31-33-41(45)50-38(36-48-35-34-39(42(46)47)43(3,4)5)37-49-40(44)32-30-28-26-24-22-19-17-15-13-11-9-7-2/h8,10,14-17,38-39H,6-7,9,11-13,18-37H2,1-5H3/b10-8+,16-14+,17-15+. The third-order valence-electron chi connectivity index (χ3n) is 8.76. The zero-order valence-electron chi connectivity index (χ0n) is 32.8. The van der Waals surface area contributed by atoms with E-state index in [4.69, 9.17) is 14.2 Å². The van der Waals surface area contributed by atoms with Crippen molar-refractivity contribution in [1.82, 2.24) is 0 Å². The van der Waals surface area contributed by atoms with Crippen LogP contribution >= 0.6 is 0 Å². The third-order valence-corrected chi connectivity index (χ3v) is 8.76. The van der Waals surface area contributed by atoms with Crippen LogP contribution in [0.1, 0.15) is 162 Å². The first-order valence-electron chi connectivity index (χ1n) is 20.0. The Kier molecular flexibility index (Phi) is 32.0. The second-order valence-electron chi connectivity index (χ2n) is 14.5. The van der Waals surface area contributed by atoms with Crippen LogP contribution in [0.5, 0.6) is 0 Å². The van der Waals surface area contributed by atoms with Gasteiger partial charge < -0.3 is 28.6 Å². The van der Waals surface area contributed by atoms with E-state index in [1.54, 1.807) is 21.1 Å². The Balaban J connectivity index is 4.42. The Morgan fingerprint density at radius 1 is 0.620 bits per heavy atom. The highest BCUT2D eigenvalue weighted by atomic mass is 16.6. The summed E-state index contributed by atoms with van der Waals surface area (Å²) in [5.74, 6) is -1.76. The highest BCUT2D eigenvalue weighted by molar-refractivity contribution is 5.70. The highest BCUT2D eigenvalue weighted by Crippen LogP contribution is 2.13. The smallest absolute Gasteiger partial charge is 0.306 e. The van der Waals surface area contributed by atoms with Crippen LogP contribution in [0.25, 0.3) is 0 Å². The number of carbonyl (C=O) groups is 3. The van der Waals surface area contributed by atoms with Crippen LogP contribution in [-0.4, -0.2) is 75.5 Å². The minimum atomic E-state index is -1.13. The second kappa shape index (κ2) is 33.7. The number of hydrogen-bond acceptors (Lipinski definition) is 7. The number of carboxylic acid groups (broad SMARTS) is 1. The van der Waals surface area contributed by atoms with Gasteiger partial charge in [-0.3, -0.25) is 9.59 Å². The fourth-order valence-corrected chi connectivity index (χ4v) is 5.63. The number of allylic oxidation sites excluding steroid dienone is 6. The monoisotopic (exact) mass is 706 g/mol. The third kappa shape index (κ3) is 31.5. The zero-order valence-corrected chi connectivity index (χ0v) is 32.8. The molecule has 2 atom stereocenters. The molecule has 2 unspecified atom stereocenters. The van der Waals surface area contributed by atoms with E-state index in [9.17, 15) is 19.5 Å². The average molecular weight is 706 g/mol. The van der Waals surface area contributed by atoms with E-state index in [1.165, 1.54) is 57.8 Å². The van der Waals surface area contributed by atoms with Gasteiger partial charge in [0.1, 0.15) is 12.6 Å². The molecule has 50 heavy (non-hydrogen) atoms. The molecule has 0 N–H and O–H groups in total. The topological polar surface area (TPSA) is 102 Å². The summed E-state index contributed by atoms with van der Waals surface area (Å²) in [5, 5.41) is 11.6. The van der Waals surface area contributed by atoms with Crippen LogP contribution in [0.15, 0.2) is 36.5 Å². The lowest BCUT2D eigenvalue weighted by Gasteiger charge is -2.34. The van der Waals surface area contributed by atoms with Crippen molar-refractivity contribution in [2.75, 3.05) is 41.0 Å². The number of quaternary nitrogens is 1. The fraction of sp³-hybridized carbons (Fsp3) is 0.786. The first-order chi connectivity index (χ1) is 24.1. The SMILES string of the molecule is CC/C=C/C/C=C/CCCCCCCCCC(=O)OC(COCCC(C(=O)[O-])[N+](C)(C)C)COC(=O)CCCCCCC/C=C/CCCCC. The van der Waals surface area contributed by atoms with Gasteiger partial charge in [0, 0.05) is 19.3 Å². The van der Waals surface area contributed by atoms with E-state index < -0.39 is 18.1 Å². The minimum absolute atomic E-state index is 0.0353. The highest BCUT2D eigenvalue weighted by Gasteiger charge is 2.25. The molecule has 8 nitrogen and oxygen atoms in total. The lowest BCUT2D eigenvalue weighted by molar-refractivity contribution is -0.889. The largest absolute Gasteiger partial charge is 0.544 e. The molecule has 0 aliphatic heterocycles. The van der Waals surface area contributed by atoms with Gasteiger partial charge in [0.05, 0.1) is 40.3 Å². The number of nitrogens with zero attached hydrogens (tertiary/aromatic N) is 1. The normalized spacial score (nSPS) is 13.4. The number of carboxylic acids is 1. The summed E-state index contributed by atoms with van der Waals surface area (Å²) in [6, 6.07) is -0.726. The summed E-state index contributed by atoms with van der Waals surface area (Å²) < 4.78 is 17.1. The van der Waals surface area contributed by atoms with Crippen molar-refractivity contribution in [3.05, 3.63) is 36.5 Å². The molecule has 0 radical (unpaired) electrons. The Morgan fingerprint density at radius 3 is 1.66 bits per heavy atom. The molecule has 0 heterocycles. The molecular weight excluding hydrogens is 630 g/mol. The fourth-order valence-electron chi connectivity index (χ4n) is 5.63. The maximum Gasteiger partial charge on any atom is 0.306 e. The molecule has 0 aromatic rings. The van der Waals surface area contributed by atoms with E-state index in [0.29, 0.717) is 12.8 Å². The zero-order chi connectivity index (χ0) is 37.1. The summed E-state index contributed by atoms with van der Waals surface area (Å²) in [6.45, 7) is 4.50. The molecule has 8 heteroatoms. The van der Waals surface area contributed by atoms with Crippen molar-refractivity contribution in [2.24, 2.45) is 0 Å². The Labute approximate surface area is 306 Å². The summed E-state index contributed by atoms with van der Waals surface area (Å²) in [7, 11) is 5.39. The first-order valence-corrected chi connectivity index (χ1v) is 20.0. The van der Waals surface area contributed by atoms with E-state index in [0.717, 1.165) is 70.6 Å². The molecule has 0 aromatic carbocycles. The molecule has 0 aromatic heterocycles. The lowest BCUT2D eigenvalue weighted by Crippen LogP contribution is -2.55. The van der Waals surface area contributed by atoms with Gasteiger partial charge in [0.2, 0.25) is 0 Å². The van der Waals surface area contributed by atoms with Crippen molar-refractivity contribution in [1.29, 1.82) is 0 Å². The summed E-state index contributed by atoms with van der Waals surface area (Å²) in [4.78, 5) is 36.7. The van der Waals surface area contributed by atoms with Crippen molar-refractivity contribution in [3.8, 4) is 0 Å². The van der Waals surface area contributed by atoms with Crippen molar-refractivity contribution in [3.63, 3.8) is 0 Å². The quantitative estimate of drug-likeness (QED) is 0.0281. The van der Waals surface area contributed by atoms with E-state index in [-0.39, 0.29) is 42.7 Å². The number of hydrogen-bond donors (Lipinski definition) is 0. The van der Waals surface area contributed by atoms with Gasteiger partial charge in [-0.2, -0.15) is 0 Å². The lowest BCUT2D eigenvalue weighted by atomic mass is 10.1. The van der Waals surface area contributed by atoms with Crippen molar-refractivity contribution >= 4 is 17.9 Å². The van der Waals surface area contributed by atoms with Gasteiger partial charge >= 0.3 is 11.9 Å². The van der Waals surface area contributed by atoms with Crippen LogP contribution in [0, 0.1) is 0 Å². The van der Waals surface area contributed by atoms with Gasteiger partial charge in [-0.1, -0.05) is 115 Å². The number of ether oxygens (including phenoxy) is 3. The van der Waals surface area contributed by atoms with E-state index in [1.807, 2.05) is 0 Å². The van der Waals surface area contributed by atoms with Gasteiger partial charge in [0.15, 0.2) is 6.10 Å². The number of likely N-dealkylation sites (N-methyl/N-ethyl adjacent to an activating group) is 1. The summed E-state index contributed by atoms with van der Waals surface area (Å²) >= 11 is 0. The van der Waals surface area contributed by atoms with Crippen molar-refractivity contribution < 1.29 is 38.2 Å². The number of aliphatic carboxylic acids is 1. The summed E-state index contributed by atoms with van der Waals surface area (Å²) in [5.41, 5.74) is 0. The van der Waals surface area contributed by atoms with E-state index >= 15 is 0 Å². The molecule has 0 rings (SSSR count). The molecule has 0 spiro atoms. The maximum atomic E-state index is 12.7. The van der Waals surface area contributed by atoms with Gasteiger partial charge in [-0.05, 0) is 64.2 Å². The molecule has 290 valence electrons. The van der Waals surface area contributed by atoms with Crippen LogP contribution in [0.3, 0.4) is 0 Å². The van der Waals surface area contributed by atoms with Crippen LogP contribution in [0.2, 0.25) is 0 Å². The van der Waals surface area contributed by atoms with Gasteiger partial charge in [0.25, 0.3) is 0 Å². The molecule has 0 aliphatic carbocycles. The average Bonchev–Trinajstić information content (AvgIpc) is 3.06. The van der Waals surface area contributed by atoms with E-state index in [2.05, 4.69) is 50.3 Å². The Hall–Kier alpha value is -2.45. The van der Waals surface area contributed by atoms with Gasteiger partial charge in [-0.25, -0.2) is 0 Å². The van der Waals surface area contributed by atoms with Crippen LogP contribution < -0.4 is 5.11 Å². The predicted molar refractivity (Wildman–Crippen MR) is 203 cm³/mol.